The summed E-state index contributed by atoms with van der Waals surface area (Å²) < 4.78 is 75.7. The summed E-state index contributed by atoms with van der Waals surface area (Å²) in [7, 11) is -1.17. The summed E-state index contributed by atoms with van der Waals surface area (Å²) in [6.45, 7) is 7.55. The van der Waals surface area contributed by atoms with E-state index in [-0.39, 0.29) is 43.4 Å². The highest BCUT2D eigenvalue weighted by Gasteiger charge is 2.63. The monoisotopic (exact) mass is 847 g/mol. The van der Waals surface area contributed by atoms with Crippen LogP contribution in [0.15, 0.2) is 36.4 Å². The Morgan fingerprint density at radius 3 is 2.39 bits per heavy atom. The maximum absolute atomic E-state index is 15.4. The van der Waals surface area contributed by atoms with Crippen LogP contribution in [0, 0.1) is 17.8 Å². The fraction of sp³-hybridized carbons (Fsp3) is 0.634. The maximum Gasteiger partial charge on any atom is 0.408 e. The summed E-state index contributed by atoms with van der Waals surface area (Å²) in [6, 6.07) is 3.57. The van der Waals surface area contributed by atoms with Crippen molar-refractivity contribution in [3.8, 4) is 17.4 Å². The summed E-state index contributed by atoms with van der Waals surface area (Å²) >= 11 is 0. The van der Waals surface area contributed by atoms with Gasteiger partial charge in [0.2, 0.25) is 27.7 Å². The van der Waals surface area contributed by atoms with E-state index < -0.39 is 85.6 Å². The van der Waals surface area contributed by atoms with Gasteiger partial charge in [-0.15, -0.1) is 0 Å². The van der Waals surface area contributed by atoms with Crippen molar-refractivity contribution in [2.24, 2.45) is 17.8 Å². The molecule has 0 bridgehead atoms. The van der Waals surface area contributed by atoms with Crippen LogP contribution in [0.25, 0.3) is 10.9 Å². The second-order valence-electron chi connectivity index (χ2n) is 17.6. The highest BCUT2D eigenvalue weighted by molar-refractivity contribution is 7.91. The third-order valence-electron chi connectivity index (χ3n) is 12.8. The largest absolute Gasteiger partial charge is 0.497 e. The quantitative estimate of drug-likeness (QED) is 0.264. The van der Waals surface area contributed by atoms with E-state index in [0.29, 0.717) is 54.2 Å². The molecule has 18 heteroatoms. The van der Waals surface area contributed by atoms with Gasteiger partial charge in [-0.1, -0.05) is 26.0 Å². The molecule has 2 aliphatic heterocycles. The Hall–Kier alpha value is -4.74. The molecule has 0 unspecified atom stereocenters. The van der Waals surface area contributed by atoms with Gasteiger partial charge >= 0.3 is 6.09 Å². The molecule has 1 aromatic heterocycles. The minimum Gasteiger partial charge on any atom is -0.497 e. The normalized spacial score (nSPS) is 29.2. The molecule has 4 amide bonds. The average molecular weight is 848 g/mol. The summed E-state index contributed by atoms with van der Waals surface area (Å²) in [5.41, 5.74) is -3.60. The van der Waals surface area contributed by atoms with Gasteiger partial charge in [-0.2, -0.15) is 0 Å². The van der Waals surface area contributed by atoms with Crippen molar-refractivity contribution >= 4 is 44.7 Å². The molecule has 3 heterocycles. The Balaban J connectivity index is 1.44. The SMILES string of the molecule is COc1ccc2c(O[C@@H]3C[C@H]4C(=O)N[C@]5(C(=O)NS(=O)(=O)C6(C)CC6)C[C@H]5/C=C\CC[C@@H](C)C[C@@H](C)[C@H](N(C(=O)O)C(C)(C)C(C)(F)F)C(=O)N4C3)cc(OC)nc2c1. The molecule has 1 saturated heterocycles. The number of aromatic nitrogens is 1. The number of rotatable bonds is 10. The number of pyridine rings is 1. The van der Waals surface area contributed by atoms with Crippen molar-refractivity contribution in [3.05, 3.63) is 36.4 Å². The van der Waals surface area contributed by atoms with Crippen LogP contribution < -0.4 is 24.2 Å². The number of carboxylic acid groups (broad SMARTS) is 1. The summed E-state index contributed by atoms with van der Waals surface area (Å²) in [6.07, 6.45) is 3.01. The zero-order valence-corrected chi connectivity index (χ0v) is 35.5. The number of amides is 4. The molecule has 0 radical (unpaired) electrons. The molecule has 2 aromatic rings. The van der Waals surface area contributed by atoms with E-state index in [9.17, 15) is 27.9 Å². The summed E-state index contributed by atoms with van der Waals surface area (Å²) in [5, 5.41) is 14.0. The molecule has 0 spiro atoms. The number of benzene rings is 1. The Morgan fingerprint density at radius 2 is 1.78 bits per heavy atom. The van der Waals surface area contributed by atoms with Crippen LogP contribution in [0.1, 0.15) is 86.5 Å². The first-order valence-corrected chi connectivity index (χ1v) is 21.4. The first-order chi connectivity index (χ1) is 27.5. The van der Waals surface area contributed by atoms with Crippen molar-refractivity contribution in [1.29, 1.82) is 0 Å². The number of sulfonamides is 1. The number of ether oxygens (including phenoxy) is 3. The molecule has 1 aromatic carbocycles. The van der Waals surface area contributed by atoms with Crippen molar-refractivity contribution in [3.63, 3.8) is 0 Å². The smallest absolute Gasteiger partial charge is 0.408 e. The van der Waals surface area contributed by atoms with Crippen LogP contribution in [-0.2, 0) is 24.4 Å². The van der Waals surface area contributed by atoms with Crippen LogP contribution in [0.2, 0.25) is 0 Å². The Bertz CT molecular complexity index is 2140. The number of hydrogen-bond acceptors (Lipinski definition) is 10. The van der Waals surface area contributed by atoms with Crippen molar-refractivity contribution in [1.82, 2.24) is 24.8 Å². The van der Waals surface area contributed by atoms with E-state index in [4.69, 9.17) is 14.2 Å². The number of methoxy groups -OCH3 is 2. The fourth-order valence-corrected chi connectivity index (χ4v) is 9.63. The number of carbonyl (C=O) groups excluding carboxylic acids is 3. The molecule has 2 aliphatic carbocycles. The number of nitrogens with one attached hydrogen (secondary N) is 2. The number of alkyl halides is 2. The summed E-state index contributed by atoms with van der Waals surface area (Å²) in [5.74, 6) is -6.68. The minimum atomic E-state index is -4.10. The predicted octanol–water partition coefficient (Wildman–Crippen LogP) is 5.27. The number of allylic oxidation sites excluding steroid dienone is 1. The Labute approximate surface area is 343 Å². The first kappa shape index (κ1) is 43.8. The Kier molecular flexibility index (Phi) is 11.7. The molecule has 7 atom stereocenters. The van der Waals surface area contributed by atoms with Gasteiger partial charge in [0.1, 0.15) is 40.8 Å². The zero-order valence-electron chi connectivity index (χ0n) is 34.7. The average Bonchev–Trinajstić information content (AvgIpc) is 4.03. The second-order valence-corrected chi connectivity index (χ2v) is 19.7. The maximum atomic E-state index is 15.4. The molecular formula is C41H55F2N5O10S. The highest BCUT2D eigenvalue weighted by Crippen LogP contribution is 2.48. The van der Waals surface area contributed by atoms with Gasteiger partial charge in [0.15, 0.2) is 0 Å². The van der Waals surface area contributed by atoms with Crippen LogP contribution in [0.4, 0.5) is 13.6 Å². The van der Waals surface area contributed by atoms with E-state index in [0.717, 1.165) is 18.7 Å². The van der Waals surface area contributed by atoms with Crippen LogP contribution in [-0.4, -0.2) is 113 Å². The van der Waals surface area contributed by atoms with E-state index in [1.54, 1.807) is 37.3 Å². The van der Waals surface area contributed by atoms with Crippen LogP contribution >= 0.6 is 0 Å². The van der Waals surface area contributed by atoms with E-state index in [1.807, 2.05) is 13.0 Å². The fourth-order valence-electron chi connectivity index (χ4n) is 8.32. The minimum absolute atomic E-state index is 0.0853. The zero-order chi connectivity index (χ0) is 43.5. The van der Waals surface area contributed by atoms with E-state index >= 15 is 13.6 Å². The number of fused-ring (bicyclic) bond motifs is 3. The van der Waals surface area contributed by atoms with Gasteiger partial charge in [0, 0.05) is 36.8 Å². The van der Waals surface area contributed by atoms with E-state index in [2.05, 4.69) is 15.0 Å². The van der Waals surface area contributed by atoms with Crippen molar-refractivity contribution in [2.45, 2.75) is 126 Å². The van der Waals surface area contributed by atoms with Crippen molar-refractivity contribution < 1.29 is 55.7 Å². The van der Waals surface area contributed by atoms with Gasteiger partial charge in [0.25, 0.3) is 11.8 Å². The lowest BCUT2D eigenvalue weighted by molar-refractivity contribution is -0.156. The van der Waals surface area contributed by atoms with Gasteiger partial charge in [-0.05, 0) is 83.3 Å². The van der Waals surface area contributed by atoms with Crippen LogP contribution in [0.3, 0.4) is 0 Å². The van der Waals surface area contributed by atoms with Gasteiger partial charge in [-0.3, -0.25) is 24.0 Å². The lowest BCUT2D eigenvalue weighted by Gasteiger charge is -2.47. The first-order valence-electron chi connectivity index (χ1n) is 19.9. The van der Waals surface area contributed by atoms with Crippen LogP contribution in [0.5, 0.6) is 17.4 Å². The molecule has 59 heavy (non-hydrogen) atoms. The molecule has 4 aliphatic rings. The van der Waals surface area contributed by atoms with Gasteiger partial charge in [-0.25, -0.2) is 27.0 Å². The molecule has 3 N–H and O–H groups in total. The number of halogens is 2. The summed E-state index contributed by atoms with van der Waals surface area (Å²) in [4.78, 5) is 63.1. The molecular weight excluding hydrogens is 793 g/mol. The molecule has 15 nitrogen and oxygen atoms in total. The molecule has 324 valence electrons. The Morgan fingerprint density at radius 1 is 1.08 bits per heavy atom. The molecule has 6 rings (SSSR count). The molecule has 3 fully saturated rings. The number of carbonyl (C=O) groups is 4. The standard InChI is InChI=1S/C41H55F2N5O10S/c1-23-11-9-10-12-25-21-41(25,36(51)46-59(54,55)39(5)15-16-39)45-34(49)30-19-27(58-31-20-32(57-8)44-29-18-26(56-7)13-14-28(29)31)22-47(30)35(50)33(24(2)17-23)48(37(52)53)38(3,4)40(6,42)43/h10,12-14,18,20,23-25,27,30,33H,9,11,15-17,19,21-22H2,1-8H3,(H,45,49)(H,46,51)(H,52,53)/b12-10-/t23-,24-,25-,27-,30+,33+,41-/m1/s1. The highest BCUT2D eigenvalue weighted by atomic mass is 32.2. The number of nitrogens with zero attached hydrogens (tertiary/aromatic N) is 3. The van der Waals surface area contributed by atoms with Gasteiger partial charge in [0.05, 0.1) is 31.0 Å². The topological polar surface area (TPSA) is 194 Å². The molecule has 2 saturated carbocycles. The van der Waals surface area contributed by atoms with Gasteiger partial charge < -0.3 is 29.5 Å². The van der Waals surface area contributed by atoms with E-state index in [1.165, 1.54) is 21.1 Å². The lowest BCUT2D eigenvalue weighted by Crippen LogP contribution is -2.66. The predicted molar refractivity (Wildman–Crippen MR) is 213 cm³/mol. The van der Waals surface area contributed by atoms with Crippen molar-refractivity contribution in [2.75, 3.05) is 20.8 Å². The number of hydrogen-bond donors (Lipinski definition) is 3. The third-order valence-corrected chi connectivity index (χ3v) is 15.0. The third kappa shape index (κ3) is 8.38. The second kappa shape index (κ2) is 15.7. The lowest BCUT2D eigenvalue weighted by atomic mass is 9.84.